The molecule has 1 aromatic rings. The quantitative estimate of drug-likeness (QED) is 0.529. The molecule has 23 heavy (non-hydrogen) atoms. The molecule has 0 amide bonds. The van der Waals surface area contributed by atoms with E-state index in [1.807, 2.05) is 0 Å². The molecule has 0 aliphatic carbocycles. The second kappa shape index (κ2) is 7.44. The lowest BCUT2D eigenvalue weighted by Crippen LogP contribution is -2.43. The number of aromatic nitrogens is 1. The van der Waals surface area contributed by atoms with Gasteiger partial charge in [-0.3, -0.25) is 0 Å². The van der Waals surface area contributed by atoms with Gasteiger partial charge in [0.05, 0.1) is 7.11 Å². The van der Waals surface area contributed by atoms with Gasteiger partial charge in [0.25, 0.3) is 0 Å². The minimum absolute atomic E-state index is 0.170. The standard InChI is InChI=1S/C18H27F2NOSi/c1-13(2)23(14(3)4,15(5)6)12-11-18(19,20)16-9-8-10-17(21-16)22-7/h8-10,13-15H,1-7H3. The highest BCUT2D eigenvalue weighted by Gasteiger charge is 2.43. The SMILES string of the molecule is COc1cccc(C(F)(F)C#C[Si](C(C)C)(C(C)C)C(C)C)n1. The van der Waals surface area contributed by atoms with Gasteiger partial charge in [-0.2, -0.15) is 8.78 Å². The number of alkyl halides is 2. The fourth-order valence-corrected chi connectivity index (χ4v) is 8.63. The number of hydrogen-bond donors (Lipinski definition) is 0. The van der Waals surface area contributed by atoms with Crippen LogP contribution in [-0.2, 0) is 5.92 Å². The molecule has 0 aromatic carbocycles. The number of rotatable bonds is 5. The summed E-state index contributed by atoms with van der Waals surface area (Å²) in [4.78, 5) is 3.84. The van der Waals surface area contributed by atoms with Gasteiger partial charge in [0, 0.05) is 6.07 Å². The summed E-state index contributed by atoms with van der Waals surface area (Å²) in [7, 11) is -0.785. The van der Waals surface area contributed by atoms with Gasteiger partial charge in [0.2, 0.25) is 5.88 Å². The van der Waals surface area contributed by atoms with Crippen LogP contribution < -0.4 is 4.74 Å². The van der Waals surface area contributed by atoms with Crippen LogP contribution in [0.25, 0.3) is 0 Å². The maximum atomic E-state index is 14.5. The predicted octanol–water partition coefficient (Wildman–Crippen LogP) is 5.40. The zero-order valence-electron chi connectivity index (χ0n) is 15.1. The van der Waals surface area contributed by atoms with E-state index in [1.54, 1.807) is 6.07 Å². The van der Waals surface area contributed by atoms with E-state index in [2.05, 4.69) is 58.0 Å². The van der Waals surface area contributed by atoms with E-state index in [1.165, 1.54) is 19.2 Å². The van der Waals surface area contributed by atoms with Crippen LogP contribution in [0, 0.1) is 11.5 Å². The summed E-state index contributed by atoms with van der Waals surface area (Å²) in [6, 6.07) is 4.34. The number of pyridine rings is 1. The van der Waals surface area contributed by atoms with Crippen LogP contribution in [0.5, 0.6) is 5.88 Å². The van der Waals surface area contributed by atoms with Gasteiger partial charge in [0.1, 0.15) is 13.8 Å². The summed E-state index contributed by atoms with van der Waals surface area (Å²) >= 11 is 0. The Balaban J connectivity index is 3.33. The molecule has 0 fully saturated rings. The summed E-state index contributed by atoms with van der Waals surface area (Å²) in [5.74, 6) is -0.830. The van der Waals surface area contributed by atoms with Gasteiger partial charge in [-0.1, -0.05) is 47.6 Å². The van der Waals surface area contributed by atoms with Crippen LogP contribution in [0.15, 0.2) is 18.2 Å². The summed E-state index contributed by atoms with van der Waals surface area (Å²) < 4.78 is 34.0. The van der Waals surface area contributed by atoms with E-state index < -0.39 is 14.0 Å². The summed E-state index contributed by atoms with van der Waals surface area (Å²) in [5, 5.41) is 0. The van der Waals surface area contributed by atoms with E-state index in [4.69, 9.17) is 4.74 Å². The molecule has 0 aliphatic rings. The van der Waals surface area contributed by atoms with Crippen molar-refractivity contribution in [2.45, 2.75) is 64.1 Å². The number of ether oxygens (including phenoxy) is 1. The molecule has 5 heteroatoms. The van der Waals surface area contributed by atoms with Crippen LogP contribution in [0.1, 0.15) is 47.2 Å². The minimum atomic E-state index is -3.27. The molecule has 0 atom stereocenters. The van der Waals surface area contributed by atoms with E-state index in [0.29, 0.717) is 16.6 Å². The highest BCUT2D eigenvalue weighted by molar-refractivity contribution is 6.90. The number of halogens is 2. The van der Waals surface area contributed by atoms with Crippen molar-refractivity contribution in [3.05, 3.63) is 23.9 Å². The van der Waals surface area contributed by atoms with Gasteiger partial charge >= 0.3 is 5.92 Å². The average Bonchev–Trinajstić information content (AvgIpc) is 2.46. The Morgan fingerprint density at radius 1 is 1.04 bits per heavy atom. The molecule has 128 valence electrons. The van der Waals surface area contributed by atoms with Gasteiger partial charge in [-0.05, 0) is 28.6 Å². The molecule has 2 nitrogen and oxygen atoms in total. The number of hydrogen-bond acceptors (Lipinski definition) is 2. The second-order valence-electron chi connectivity index (χ2n) is 6.79. The van der Waals surface area contributed by atoms with Crippen LogP contribution >= 0.6 is 0 Å². The minimum Gasteiger partial charge on any atom is -0.481 e. The Morgan fingerprint density at radius 3 is 2.00 bits per heavy atom. The third-order valence-corrected chi connectivity index (χ3v) is 10.8. The predicted molar refractivity (Wildman–Crippen MR) is 93.5 cm³/mol. The molecule has 0 N–H and O–H groups in total. The van der Waals surface area contributed by atoms with E-state index in [-0.39, 0.29) is 11.6 Å². The molecule has 0 saturated heterocycles. The molecular weight excluding hydrogens is 312 g/mol. The first kappa shape index (κ1) is 19.6. The topological polar surface area (TPSA) is 22.1 Å². The van der Waals surface area contributed by atoms with Gasteiger partial charge < -0.3 is 4.74 Å². The maximum Gasteiger partial charge on any atom is 0.349 e. The summed E-state index contributed by atoms with van der Waals surface area (Å²) in [6.45, 7) is 12.6. The van der Waals surface area contributed by atoms with Crippen molar-refractivity contribution in [2.24, 2.45) is 0 Å². The zero-order valence-corrected chi connectivity index (χ0v) is 16.1. The summed E-state index contributed by atoms with van der Waals surface area (Å²) in [6.07, 6.45) is 0. The first-order valence-electron chi connectivity index (χ1n) is 8.01. The van der Waals surface area contributed by atoms with E-state index in [0.717, 1.165) is 0 Å². The average molecular weight is 340 g/mol. The fraction of sp³-hybridized carbons (Fsp3) is 0.611. The van der Waals surface area contributed by atoms with Crippen LogP contribution in [0.4, 0.5) is 8.78 Å². The molecule has 0 aliphatic heterocycles. The molecular formula is C18H27F2NOSi. The van der Waals surface area contributed by atoms with E-state index in [9.17, 15) is 8.78 Å². The van der Waals surface area contributed by atoms with Crippen molar-refractivity contribution in [1.82, 2.24) is 4.98 Å². The second-order valence-corrected chi connectivity index (χ2v) is 12.4. The van der Waals surface area contributed by atoms with Crippen molar-refractivity contribution in [3.8, 4) is 17.3 Å². The van der Waals surface area contributed by atoms with Gasteiger partial charge in [0.15, 0.2) is 0 Å². The largest absolute Gasteiger partial charge is 0.481 e. The first-order valence-corrected chi connectivity index (χ1v) is 10.2. The molecule has 1 rings (SSSR count). The lowest BCUT2D eigenvalue weighted by molar-refractivity contribution is 0.0583. The Hall–Kier alpha value is -1.41. The Bertz CT molecular complexity index is 566. The highest BCUT2D eigenvalue weighted by Crippen LogP contribution is 2.41. The monoisotopic (exact) mass is 339 g/mol. The molecule has 1 heterocycles. The van der Waals surface area contributed by atoms with Crippen LogP contribution in [-0.4, -0.2) is 20.2 Å². The molecule has 0 saturated carbocycles. The van der Waals surface area contributed by atoms with Crippen LogP contribution in [0.2, 0.25) is 16.6 Å². The highest BCUT2D eigenvalue weighted by atomic mass is 28.3. The van der Waals surface area contributed by atoms with Crippen LogP contribution in [0.3, 0.4) is 0 Å². The van der Waals surface area contributed by atoms with Gasteiger partial charge in [-0.15, -0.1) is 5.54 Å². The molecule has 0 spiro atoms. The zero-order chi connectivity index (χ0) is 17.8. The van der Waals surface area contributed by atoms with Crippen molar-refractivity contribution in [3.63, 3.8) is 0 Å². The van der Waals surface area contributed by atoms with Gasteiger partial charge in [-0.25, -0.2) is 4.98 Å². The number of nitrogens with zero attached hydrogens (tertiary/aromatic N) is 1. The number of methoxy groups -OCH3 is 1. The Labute approximate surface area is 139 Å². The molecule has 0 unspecified atom stereocenters. The third kappa shape index (κ3) is 4.11. The lowest BCUT2D eigenvalue weighted by Gasteiger charge is -2.38. The summed E-state index contributed by atoms with van der Waals surface area (Å²) in [5.41, 5.74) is 3.64. The molecule has 0 bridgehead atoms. The smallest absolute Gasteiger partial charge is 0.349 e. The van der Waals surface area contributed by atoms with Crippen molar-refractivity contribution < 1.29 is 13.5 Å². The Kier molecular flexibility index (Phi) is 6.35. The molecule has 0 radical (unpaired) electrons. The first-order chi connectivity index (χ1) is 10.6. The Morgan fingerprint density at radius 2 is 1.57 bits per heavy atom. The maximum absolute atomic E-state index is 14.5. The van der Waals surface area contributed by atoms with E-state index >= 15 is 0 Å². The molecule has 1 aromatic heterocycles. The van der Waals surface area contributed by atoms with Crippen molar-refractivity contribution >= 4 is 8.07 Å². The van der Waals surface area contributed by atoms with Crippen molar-refractivity contribution in [1.29, 1.82) is 0 Å². The normalized spacial score (nSPS) is 12.5. The third-order valence-electron chi connectivity index (χ3n) is 4.56. The van der Waals surface area contributed by atoms with Crippen molar-refractivity contribution in [2.75, 3.05) is 7.11 Å². The fourth-order valence-electron chi connectivity index (χ4n) is 3.39. The lowest BCUT2D eigenvalue weighted by atomic mass is 10.2.